The summed E-state index contributed by atoms with van der Waals surface area (Å²) in [7, 11) is 0. The van der Waals surface area contributed by atoms with E-state index >= 15 is 0 Å². The van der Waals surface area contributed by atoms with E-state index in [9.17, 15) is 4.39 Å². The first-order valence-electron chi connectivity index (χ1n) is 4.68. The predicted octanol–water partition coefficient (Wildman–Crippen LogP) is 2.27. The van der Waals surface area contributed by atoms with E-state index in [4.69, 9.17) is 5.73 Å². The molecule has 0 aliphatic carbocycles. The number of rotatable bonds is 2. The van der Waals surface area contributed by atoms with Crippen molar-refractivity contribution in [2.24, 2.45) is 5.73 Å². The molecule has 0 amide bonds. The Bertz CT molecular complexity index is 442. The van der Waals surface area contributed by atoms with E-state index in [2.05, 4.69) is 4.98 Å². The highest BCUT2D eigenvalue weighted by atomic mass is 19.1. The van der Waals surface area contributed by atoms with Gasteiger partial charge in [-0.25, -0.2) is 4.39 Å². The van der Waals surface area contributed by atoms with Crippen molar-refractivity contribution < 1.29 is 4.39 Å². The highest BCUT2D eigenvalue weighted by Crippen LogP contribution is 2.18. The Kier molecular flexibility index (Phi) is 2.74. The molecule has 1 aromatic heterocycles. The maximum Gasteiger partial charge on any atom is 0.123 e. The van der Waals surface area contributed by atoms with Crippen molar-refractivity contribution >= 4 is 0 Å². The van der Waals surface area contributed by atoms with Crippen LogP contribution in [-0.4, -0.2) is 4.98 Å². The van der Waals surface area contributed by atoms with Crippen LogP contribution in [0.4, 0.5) is 4.39 Å². The molecule has 2 N–H and O–H groups in total. The van der Waals surface area contributed by atoms with Crippen LogP contribution < -0.4 is 5.73 Å². The summed E-state index contributed by atoms with van der Waals surface area (Å²) in [5.41, 5.74) is 7.68. The maximum atomic E-state index is 13.0. The first-order chi connectivity index (χ1) is 7.27. The van der Waals surface area contributed by atoms with Crippen LogP contribution in [0.1, 0.15) is 17.2 Å². The van der Waals surface area contributed by atoms with Crippen LogP contribution >= 0.6 is 0 Å². The summed E-state index contributed by atoms with van der Waals surface area (Å²) in [5, 5.41) is 0. The molecule has 0 aliphatic heterocycles. The Morgan fingerprint density at radius 2 is 1.80 bits per heavy atom. The Morgan fingerprint density at radius 1 is 1.07 bits per heavy atom. The molecule has 0 radical (unpaired) electrons. The van der Waals surface area contributed by atoms with Crippen LogP contribution in [0.15, 0.2) is 48.8 Å². The minimum absolute atomic E-state index is 0.267. The van der Waals surface area contributed by atoms with Gasteiger partial charge in [0.15, 0.2) is 0 Å². The van der Waals surface area contributed by atoms with Crippen LogP contribution in [0.25, 0.3) is 0 Å². The van der Waals surface area contributed by atoms with Gasteiger partial charge in [-0.15, -0.1) is 0 Å². The Morgan fingerprint density at radius 3 is 2.47 bits per heavy atom. The Hall–Kier alpha value is -1.74. The average Bonchev–Trinajstić information content (AvgIpc) is 2.29. The van der Waals surface area contributed by atoms with Gasteiger partial charge in [0, 0.05) is 12.4 Å². The summed E-state index contributed by atoms with van der Waals surface area (Å²) in [6, 6.07) is 9.68. The molecule has 0 spiro atoms. The molecule has 2 aromatic rings. The van der Waals surface area contributed by atoms with Gasteiger partial charge in [-0.3, -0.25) is 4.98 Å². The second-order valence-corrected chi connectivity index (χ2v) is 3.31. The number of nitrogens with two attached hydrogens (primary N) is 1. The minimum Gasteiger partial charge on any atom is -0.320 e. The molecule has 2 rings (SSSR count). The first kappa shape index (κ1) is 9.80. The van der Waals surface area contributed by atoms with Crippen molar-refractivity contribution in [2.45, 2.75) is 6.04 Å². The fourth-order valence-corrected chi connectivity index (χ4v) is 1.46. The van der Waals surface area contributed by atoms with Gasteiger partial charge in [0.25, 0.3) is 0 Å². The highest BCUT2D eigenvalue weighted by molar-refractivity contribution is 5.30. The van der Waals surface area contributed by atoms with Crippen molar-refractivity contribution in [3.05, 3.63) is 65.7 Å². The fraction of sp³-hybridized carbons (Fsp3) is 0.0833. The van der Waals surface area contributed by atoms with Crippen molar-refractivity contribution in [2.75, 3.05) is 0 Å². The summed E-state index contributed by atoms with van der Waals surface area (Å²) in [6.45, 7) is 0. The van der Waals surface area contributed by atoms with Crippen molar-refractivity contribution in [1.82, 2.24) is 4.98 Å². The van der Waals surface area contributed by atoms with Crippen LogP contribution in [0.5, 0.6) is 0 Å². The van der Waals surface area contributed by atoms with Crippen LogP contribution in [0, 0.1) is 5.82 Å². The van der Waals surface area contributed by atoms with Gasteiger partial charge < -0.3 is 5.73 Å². The lowest BCUT2D eigenvalue weighted by Crippen LogP contribution is -2.11. The topological polar surface area (TPSA) is 38.9 Å². The van der Waals surface area contributed by atoms with Crippen molar-refractivity contribution in [3.63, 3.8) is 0 Å². The molecule has 1 atom stereocenters. The fourth-order valence-electron chi connectivity index (χ4n) is 1.46. The van der Waals surface area contributed by atoms with Gasteiger partial charge in [0.05, 0.1) is 6.04 Å². The van der Waals surface area contributed by atoms with Crippen LogP contribution in [0.2, 0.25) is 0 Å². The number of pyridine rings is 1. The van der Waals surface area contributed by atoms with Gasteiger partial charge in [-0.2, -0.15) is 0 Å². The van der Waals surface area contributed by atoms with E-state index in [0.717, 1.165) is 11.1 Å². The summed E-state index contributed by atoms with van der Waals surface area (Å²) < 4.78 is 13.0. The Labute approximate surface area is 87.6 Å². The highest BCUT2D eigenvalue weighted by Gasteiger charge is 2.08. The molecule has 0 aliphatic rings. The number of benzene rings is 1. The van der Waals surface area contributed by atoms with Gasteiger partial charge in [0.1, 0.15) is 5.82 Å². The SMILES string of the molecule is NC(c1ccncc1)c1cccc(F)c1. The van der Waals surface area contributed by atoms with E-state index in [1.807, 2.05) is 18.2 Å². The van der Waals surface area contributed by atoms with Gasteiger partial charge in [-0.05, 0) is 35.4 Å². The zero-order chi connectivity index (χ0) is 10.7. The summed E-state index contributed by atoms with van der Waals surface area (Å²) in [5.74, 6) is -0.267. The molecule has 0 saturated heterocycles. The molecule has 15 heavy (non-hydrogen) atoms. The number of halogens is 1. The lowest BCUT2D eigenvalue weighted by Gasteiger charge is -2.11. The number of hydrogen-bond acceptors (Lipinski definition) is 2. The molecule has 0 saturated carbocycles. The third-order valence-electron chi connectivity index (χ3n) is 2.27. The van der Waals surface area contributed by atoms with Crippen LogP contribution in [0.3, 0.4) is 0 Å². The predicted molar refractivity (Wildman–Crippen MR) is 56.7 cm³/mol. The first-order valence-corrected chi connectivity index (χ1v) is 4.68. The van der Waals surface area contributed by atoms with Gasteiger partial charge >= 0.3 is 0 Å². The zero-order valence-electron chi connectivity index (χ0n) is 8.10. The molecule has 2 nitrogen and oxygen atoms in total. The molecule has 0 fully saturated rings. The largest absolute Gasteiger partial charge is 0.320 e. The lowest BCUT2D eigenvalue weighted by molar-refractivity contribution is 0.623. The molecule has 1 heterocycles. The summed E-state index contributed by atoms with van der Waals surface area (Å²) in [6.07, 6.45) is 3.35. The standard InChI is InChI=1S/C12H11FN2/c13-11-3-1-2-10(8-11)12(14)9-4-6-15-7-5-9/h1-8,12H,14H2. The van der Waals surface area contributed by atoms with Crippen LogP contribution in [-0.2, 0) is 0 Å². The van der Waals surface area contributed by atoms with Gasteiger partial charge in [0.2, 0.25) is 0 Å². The Balaban J connectivity index is 2.32. The van der Waals surface area contributed by atoms with Gasteiger partial charge in [-0.1, -0.05) is 12.1 Å². The van der Waals surface area contributed by atoms with E-state index < -0.39 is 0 Å². The molecule has 3 heteroatoms. The molecule has 0 bridgehead atoms. The summed E-state index contributed by atoms with van der Waals surface area (Å²) in [4.78, 5) is 3.91. The molecule has 1 unspecified atom stereocenters. The van der Waals surface area contributed by atoms with E-state index in [1.165, 1.54) is 12.1 Å². The quantitative estimate of drug-likeness (QED) is 0.811. The minimum atomic E-state index is -0.302. The molecular weight excluding hydrogens is 191 g/mol. The third kappa shape index (κ3) is 2.19. The molecule has 1 aromatic carbocycles. The second-order valence-electron chi connectivity index (χ2n) is 3.31. The van der Waals surface area contributed by atoms with Crippen molar-refractivity contribution in [1.29, 1.82) is 0 Å². The zero-order valence-corrected chi connectivity index (χ0v) is 8.10. The second kappa shape index (κ2) is 4.19. The molecular formula is C12H11FN2. The average molecular weight is 202 g/mol. The number of nitrogens with zero attached hydrogens (tertiary/aromatic N) is 1. The third-order valence-corrected chi connectivity index (χ3v) is 2.27. The van der Waals surface area contributed by atoms with E-state index in [0.29, 0.717) is 0 Å². The molecule has 76 valence electrons. The normalized spacial score (nSPS) is 12.4. The van der Waals surface area contributed by atoms with Crippen molar-refractivity contribution in [3.8, 4) is 0 Å². The maximum absolute atomic E-state index is 13.0. The van der Waals surface area contributed by atoms with E-state index in [1.54, 1.807) is 18.5 Å². The van der Waals surface area contributed by atoms with E-state index in [-0.39, 0.29) is 11.9 Å². The monoisotopic (exact) mass is 202 g/mol. The lowest BCUT2D eigenvalue weighted by atomic mass is 10.0. The number of aromatic nitrogens is 1. The smallest absolute Gasteiger partial charge is 0.123 e. The summed E-state index contributed by atoms with van der Waals surface area (Å²) >= 11 is 0. The number of hydrogen-bond donors (Lipinski definition) is 1.